The van der Waals surface area contributed by atoms with Crippen LogP contribution in [0.2, 0.25) is 0 Å². The van der Waals surface area contributed by atoms with Gasteiger partial charge in [0.25, 0.3) is 5.91 Å². The molecule has 86 valence electrons. The summed E-state index contributed by atoms with van der Waals surface area (Å²) in [6.07, 6.45) is 0.902. The van der Waals surface area contributed by atoms with Gasteiger partial charge in [-0.3, -0.25) is 4.79 Å². The highest BCUT2D eigenvalue weighted by molar-refractivity contribution is 5.94. The monoisotopic (exact) mass is 218 g/mol. The van der Waals surface area contributed by atoms with Gasteiger partial charge in [0.15, 0.2) is 0 Å². The van der Waals surface area contributed by atoms with Gasteiger partial charge in [-0.1, -0.05) is 17.7 Å². The molecule has 2 N–H and O–H groups in total. The molecule has 0 radical (unpaired) electrons. The molecule has 1 aliphatic rings. The van der Waals surface area contributed by atoms with E-state index in [4.69, 9.17) is 5.73 Å². The molecule has 1 aromatic rings. The van der Waals surface area contributed by atoms with Crippen molar-refractivity contribution >= 4 is 5.91 Å². The molecule has 1 aromatic carbocycles. The minimum Gasteiger partial charge on any atom is -0.334 e. The van der Waals surface area contributed by atoms with Crippen LogP contribution in [0.25, 0.3) is 0 Å². The smallest absolute Gasteiger partial charge is 0.254 e. The molecule has 1 saturated heterocycles. The van der Waals surface area contributed by atoms with E-state index < -0.39 is 0 Å². The van der Waals surface area contributed by atoms with Crippen LogP contribution in [-0.2, 0) is 0 Å². The summed E-state index contributed by atoms with van der Waals surface area (Å²) in [5, 5.41) is 0. The van der Waals surface area contributed by atoms with Gasteiger partial charge in [0.2, 0.25) is 0 Å². The van der Waals surface area contributed by atoms with Crippen LogP contribution in [0.3, 0.4) is 0 Å². The zero-order valence-electron chi connectivity index (χ0n) is 9.81. The summed E-state index contributed by atoms with van der Waals surface area (Å²) in [5.41, 5.74) is 7.84. The standard InChI is InChI=1S/C13H18N2O/c1-9-3-5-11(6-4-9)13(16)15-8-7-12(14)10(15)2/h3-6,10,12H,7-8,14H2,1-2H3. The quantitative estimate of drug-likeness (QED) is 0.777. The maximum atomic E-state index is 12.2. The zero-order valence-corrected chi connectivity index (χ0v) is 9.81. The Hall–Kier alpha value is -1.35. The van der Waals surface area contributed by atoms with Crippen molar-refractivity contribution in [3.63, 3.8) is 0 Å². The van der Waals surface area contributed by atoms with E-state index in [1.165, 1.54) is 5.56 Å². The average molecular weight is 218 g/mol. The van der Waals surface area contributed by atoms with Gasteiger partial charge in [-0.25, -0.2) is 0 Å². The van der Waals surface area contributed by atoms with Crippen molar-refractivity contribution in [3.8, 4) is 0 Å². The number of aryl methyl sites for hydroxylation is 1. The number of amides is 1. The predicted octanol–water partition coefficient (Wildman–Crippen LogP) is 1.56. The van der Waals surface area contributed by atoms with E-state index in [9.17, 15) is 4.79 Å². The molecule has 1 aliphatic heterocycles. The predicted molar refractivity (Wildman–Crippen MR) is 64.3 cm³/mol. The number of hydrogen-bond donors (Lipinski definition) is 1. The molecule has 0 aliphatic carbocycles. The van der Waals surface area contributed by atoms with E-state index in [-0.39, 0.29) is 18.0 Å². The summed E-state index contributed by atoms with van der Waals surface area (Å²) < 4.78 is 0. The second-order valence-electron chi connectivity index (χ2n) is 4.56. The van der Waals surface area contributed by atoms with Gasteiger partial charge in [-0.05, 0) is 32.4 Å². The van der Waals surface area contributed by atoms with Crippen molar-refractivity contribution in [1.29, 1.82) is 0 Å². The molecule has 3 heteroatoms. The highest BCUT2D eigenvalue weighted by atomic mass is 16.2. The van der Waals surface area contributed by atoms with Gasteiger partial charge >= 0.3 is 0 Å². The van der Waals surface area contributed by atoms with Crippen LogP contribution in [-0.4, -0.2) is 29.4 Å². The van der Waals surface area contributed by atoms with Gasteiger partial charge in [0, 0.05) is 24.2 Å². The molecule has 1 heterocycles. The number of nitrogens with two attached hydrogens (primary N) is 1. The van der Waals surface area contributed by atoms with Crippen LogP contribution in [0.4, 0.5) is 0 Å². The maximum absolute atomic E-state index is 12.2. The Morgan fingerprint density at radius 3 is 2.50 bits per heavy atom. The lowest BCUT2D eigenvalue weighted by Gasteiger charge is -2.23. The molecule has 0 bridgehead atoms. The Bertz CT molecular complexity index is 385. The number of nitrogens with zero attached hydrogens (tertiary/aromatic N) is 1. The topological polar surface area (TPSA) is 46.3 Å². The molecule has 0 aromatic heterocycles. The third kappa shape index (κ3) is 1.95. The van der Waals surface area contributed by atoms with E-state index in [2.05, 4.69) is 0 Å². The molecule has 2 unspecified atom stereocenters. The fourth-order valence-electron chi connectivity index (χ4n) is 2.11. The van der Waals surface area contributed by atoms with Crippen LogP contribution in [0.15, 0.2) is 24.3 Å². The Kier molecular flexibility index (Phi) is 2.97. The largest absolute Gasteiger partial charge is 0.334 e. The van der Waals surface area contributed by atoms with Crippen molar-refractivity contribution in [2.45, 2.75) is 32.4 Å². The maximum Gasteiger partial charge on any atom is 0.254 e. The number of hydrogen-bond acceptors (Lipinski definition) is 2. The highest BCUT2D eigenvalue weighted by Crippen LogP contribution is 2.19. The first-order chi connectivity index (χ1) is 7.59. The molecule has 1 fully saturated rings. The van der Waals surface area contributed by atoms with Crippen LogP contribution < -0.4 is 5.73 Å². The van der Waals surface area contributed by atoms with E-state index >= 15 is 0 Å². The van der Waals surface area contributed by atoms with E-state index in [0.717, 1.165) is 18.5 Å². The van der Waals surface area contributed by atoms with Gasteiger partial charge < -0.3 is 10.6 Å². The van der Waals surface area contributed by atoms with Crippen molar-refractivity contribution in [3.05, 3.63) is 35.4 Å². The molecular weight excluding hydrogens is 200 g/mol. The highest BCUT2D eigenvalue weighted by Gasteiger charge is 2.31. The van der Waals surface area contributed by atoms with Crippen LogP contribution in [0.5, 0.6) is 0 Å². The van der Waals surface area contributed by atoms with Crippen molar-refractivity contribution in [2.24, 2.45) is 5.73 Å². The first-order valence-corrected chi connectivity index (χ1v) is 5.73. The Labute approximate surface area is 96.2 Å². The number of rotatable bonds is 1. The lowest BCUT2D eigenvalue weighted by Crippen LogP contribution is -2.40. The number of benzene rings is 1. The molecule has 0 spiro atoms. The summed E-state index contributed by atoms with van der Waals surface area (Å²) in [7, 11) is 0. The minimum absolute atomic E-state index is 0.0976. The average Bonchev–Trinajstić information content (AvgIpc) is 2.60. The summed E-state index contributed by atoms with van der Waals surface area (Å²) >= 11 is 0. The fraction of sp³-hybridized carbons (Fsp3) is 0.462. The third-order valence-electron chi connectivity index (χ3n) is 3.37. The lowest BCUT2D eigenvalue weighted by atomic mass is 10.1. The molecule has 3 nitrogen and oxygen atoms in total. The number of carbonyl (C=O) groups is 1. The summed E-state index contributed by atoms with van der Waals surface area (Å²) in [6.45, 7) is 4.81. The van der Waals surface area contributed by atoms with Crippen LogP contribution in [0, 0.1) is 6.92 Å². The normalized spacial score (nSPS) is 24.8. The third-order valence-corrected chi connectivity index (χ3v) is 3.37. The van der Waals surface area contributed by atoms with E-state index in [1.54, 1.807) is 0 Å². The van der Waals surface area contributed by atoms with E-state index in [0.29, 0.717) is 0 Å². The minimum atomic E-state index is 0.0976. The van der Waals surface area contributed by atoms with Crippen molar-refractivity contribution in [2.75, 3.05) is 6.54 Å². The summed E-state index contributed by atoms with van der Waals surface area (Å²) in [6, 6.07) is 7.97. The first kappa shape index (κ1) is 11.1. The molecule has 16 heavy (non-hydrogen) atoms. The fourth-order valence-corrected chi connectivity index (χ4v) is 2.11. The Morgan fingerprint density at radius 1 is 1.38 bits per heavy atom. The first-order valence-electron chi connectivity index (χ1n) is 5.73. The van der Waals surface area contributed by atoms with Crippen molar-refractivity contribution in [1.82, 2.24) is 4.90 Å². The van der Waals surface area contributed by atoms with Gasteiger partial charge in [-0.15, -0.1) is 0 Å². The van der Waals surface area contributed by atoms with Crippen molar-refractivity contribution < 1.29 is 4.79 Å². The Balaban J connectivity index is 2.16. The van der Waals surface area contributed by atoms with Gasteiger partial charge in [0.05, 0.1) is 0 Å². The summed E-state index contributed by atoms with van der Waals surface area (Å²) in [4.78, 5) is 14.1. The molecule has 2 rings (SSSR count). The van der Waals surface area contributed by atoms with Crippen LogP contribution in [0.1, 0.15) is 29.3 Å². The number of likely N-dealkylation sites (tertiary alicyclic amines) is 1. The SMILES string of the molecule is Cc1ccc(C(=O)N2CCC(N)C2C)cc1. The van der Waals surface area contributed by atoms with Gasteiger partial charge in [-0.2, -0.15) is 0 Å². The van der Waals surface area contributed by atoms with E-state index in [1.807, 2.05) is 43.0 Å². The molecule has 1 amide bonds. The molecule has 0 saturated carbocycles. The Morgan fingerprint density at radius 2 is 2.00 bits per heavy atom. The van der Waals surface area contributed by atoms with Crippen LogP contribution >= 0.6 is 0 Å². The van der Waals surface area contributed by atoms with Gasteiger partial charge in [0.1, 0.15) is 0 Å². The zero-order chi connectivity index (χ0) is 11.7. The second kappa shape index (κ2) is 4.26. The lowest BCUT2D eigenvalue weighted by molar-refractivity contribution is 0.0742. The second-order valence-corrected chi connectivity index (χ2v) is 4.56. The molecule has 2 atom stereocenters. The molecular formula is C13H18N2O. The summed E-state index contributed by atoms with van der Waals surface area (Å²) in [5.74, 6) is 0.0976. The number of carbonyl (C=O) groups excluding carboxylic acids is 1.